The number of hydrogen-bond donors (Lipinski definition) is 3. The monoisotopic (exact) mass is 417 g/mol. The highest BCUT2D eigenvalue weighted by Gasteiger charge is 2.14. The molecule has 1 fully saturated rings. The zero-order valence-corrected chi connectivity index (χ0v) is 16.6. The maximum atomic E-state index is 9.55. The molecule has 0 unspecified atom stereocenters. The summed E-state index contributed by atoms with van der Waals surface area (Å²) in [5.74, 6) is -2.51. The van der Waals surface area contributed by atoms with E-state index in [4.69, 9.17) is 26.6 Å². The molecule has 29 heavy (non-hydrogen) atoms. The highest BCUT2D eigenvalue weighted by atomic mass is 35.5. The number of ether oxygens (including phenoxy) is 1. The van der Waals surface area contributed by atoms with E-state index < -0.39 is 11.9 Å². The minimum atomic E-state index is -1.26. The van der Waals surface area contributed by atoms with Gasteiger partial charge in [-0.05, 0) is 54.8 Å². The average molecular weight is 418 g/mol. The lowest BCUT2D eigenvalue weighted by molar-refractivity contribution is -0.134. The highest BCUT2D eigenvalue weighted by Crippen LogP contribution is 2.27. The molecule has 6 nitrogen and oxygen atoms in total. The molecule has 2 aromatic rings. The molecule has 0 radical (unpaired) electrons. The van der Waals surface area contributed by atoms with Crippen LogP contribution in [-0.2, 0) is 20.9 Å². The Morgan fingerprint density at radius 1 is 1.03 bits per heavy atom. The summed E-state index contributed by atoms with van der Waals surface area (Å²) in [6.07, 6.45) is 3.68. The Morgan fingerprint density at radius 3 is 2.31 bits per heavy atom. The van der Waals surface area contributed by atoms with Gasteiger partial charge < -0.3 is 20.3 Å². The van der Waals surface area contributed by atoms with Crippen LogP contribution in [0.3, 0.4) is 0 Å². The summed E-state index contributed by atoms with van der Waals surface area (Å²) in [6.45, 7) is 2.77. The smallest absolute Gasteiger partial charge is 0.328 e. The molecule has 1 saturated heterocycles. The van der Waals surface area contributed by atoms with Gasteiger partial charge in [-0.1, -0.05) is 48.0 Å². The molecule has 7 heteroatoms. The fraction of sp³-hybridized carbons (Fsp3) is 0.273. The number of rotatable bonds is 6. The molecule has 154 valence electrons. The summed E-state index contributed by atoms with van der Waals surface area (Å²) in [4.78, 5) is 19.1. The zero-order valence-electron chi connectivity index (χ0n) is 15.9. The van der Waals surface area contributed by atoms with Gasteiger partial charge in [-0.15, -0.1) is 0 Å². The first-order valence-electron chi connectivity index (χ1n) is 9.26. The molecule has 1 heterocycles. The summed E-state index contributed by atoms with van der Waals surface area (Å²) in [6, 6.07) is 16.4. The van der Waals surface area contributed by atoms with Gasteiger partial charge in [0, 0.05) is 17.2 Å². The van der Waals surface area contributed by atoms with E-state index in [0.717, 1.165) is 36.5 Å². The normalized spacial score (nSPS) is 14.2. The van der Waals surface area contributed by atoms with Crippen molar-refractivity contribution in [2.45, 2.75) is 25.6 Å². The standard InChI is InChI=1S/C18H20ClNO.C4H4O4/c19-16-6-3-5-14(12-16)18-7-2-1-4-15(18)13-21-17-8-10-20-11-9-17;5-3(6)1-2-4(7)8/h1-7,12,17,20H,8-11,13H2;1-2H,(H,5,6)(H,7,8). The zero-order chi connectivity index (χ0) is 21.1. The van der Waals surface area contributed by atoms with Gasteiger partial charge in [-0.3, -0.25) is 0 Å². The van der Waals surface area contributed by atoms with Gasteiger partial charge in [0.2, 0.25) is 0 Å². The van der Waals surface area contributed by atoms with Gasteiger partial charge >= 0.3 is 11.9 Å². The topological polar surface area (TPSA) is 95.9 Å². The van der Waals surface area contributed by atoms with Crippen LogP contribution in [0.15, 0.2) is 60.7 Å². The van der Waals surface area contributed by atoms with Crippen LogP contribution >= 0.6 is 11.6 Å². The molecule has 0 spiro atoms. The molecule has 0 bridgehead atoms. The number of hydrogen-bond acceptors (Lipinski definition) is 4. The molecular formula is C22H24ClNO5. The predicted octanol–water partition coefficient (Wildman–Crippen LogP) is 3.99. The summed E-state index contributed by atoms with van der Waals surface area (Å²) >= 11 is 6.11. The molecule has 2 aromatic carbocycles. The number of piperidine rings is 1. The molecule has 3 N–H and O–H groups in total. The largest absolute Gasteiger partial charge is 0.478 e. The van der Waals surface area contributed by atoms with E-state index >= 15 is 0 Å². The lowest BCUT2D eigenvalue weighted by atomic mass is 10.00. The second-order valence-corrected chi connectivity index (χ2v) is 6.87. The summed E-state index contributed by atoms with van der Waals surface area (Å²) in [7, 11) is 0. The third kappa shape index (κ3) is 8.48. The number of carbonyl (C=O) groups is 2. The fourth-order valence-corrected chi connectivity index (χ4v) is 3.09. The number of benzene rings is 2. The lowest BCUT2D eigenvalue weighted by Crippen LogP contribution is -2.32. The van der Waals surface area contributed by atoms with E-state index in [-0.39, 0.29) is 0 Å². The first kappa shape index (κ1) is 22.6. The van der Waals surface area contributed by atoms with Crippen molar-refractivity contribution >= 4 is 23.5 Å². The summed E-state index contributed by atoms with van der Waals surface area (Å²) in [5.41, 5.74) is 3.57. The van der Waals surface area contributed by atoms with Crippen LogP contribution < -0.4 is 5.32 Å². The molecule has 1 aliphatic heterocycles. The molecule has 0 aliphatic carbocycles. The average Bonchev–Trinajstić information content (AvgIpc) is 2.72. The molecule has 0 atom stereocenters. The van der Waals surface area contributed by atoms with Crippen molar-refractivity contribution in [2.24, 2.45) is 0 Å². The minimum absolute atomic E-state index is 0.374. The number of aliphatic carboxylic acids is 2. The minimum Gasteiger partial charge on any atom is -0.478 e. The number of carboxylic acid groups (broad SMARTS) is 2. The van der Waals surface area contributed by atoms with E-state index in [0.29, 0.717) is 24.9 Å². The Morgan fingerprint density at radius 2 is 1.69 bits per heavy atom. The van der Waals surface area contributed by atoms with Crippen LogP contribution in [0.1, 0.15) is 18.4 Å². The fourth-order valence-electron chi connectivity index (χ4n) is 2.90. The molecule has 0 saturated carbocycles. The van der Waals surface area contributed by atoms with Gasteiger partial charge in [0.25, 0.3) is 0 Å². The Labute approximate surface area is 174 Å². The third-order valence-electron chi connectivity index (χ3n) is 4.28. The van der Waals surface area contributed by atoms with E-state index in [1.807, 2.05) is 18.2 Å². The van der Waals surface area contributed by atoms with Crippen molar-refractivity contribution in [1.29, 1.82) is 0 Å². The van der Waals surface area contributed by atoms with Crippen molar-refractivity contribution in [1.82, 2.24) is 5.32 Å². The second kappa shape index (κ2) is 12.0. The molecule has 0 amide bonds. The van der Waals surface area contributed by atoms with Gasteiger partial charge in [0.1, 0.15) is 0 Å². The maximum Gasteiger partial charge on any atom is 0.328 e. The first-order chi connectivity index (χ1) is 14.0. The van der Waals surface area contributed by atoms with Crippen molar-refractivity contribution in [3.8, 4) is 11.1 Å². The van der Waals surface area contributed by atoms with Crippen LogP contribution in [0, 0.1) is 0 Å². The Kier molecular flexibility index (Phi) is 9.37. The van der Waals surface area contributed by atoms with E-state index in [9.17, 15) is 9.59 Å². The Balaban J connectivity index is 0.000000321. The van der Waals surface area contributed by atoms with Crippen molar-refractivity contribution in [2.75, 3.05) is 13.1 Å². The van der Waals surface area contributed by atoms with Crippen LogP contribution in [0.4, 0.5) is 0 Å². The van der Waals surface area contributed by atoms with Crippen LogP contribution in [0.2, 0.25) is 5.02 Å². The number of halogens is 1. The van der Waals surface area contributed by atoms with Crippen LogP contribution in [-0.4, -0.2) is 41.3 Å². The van der Waals surface area contributed by atoms with Gasteiger partial charge in [-0.25, -0.2) is 9.59 Å². The SMILES string of the molecule is Clc1cccc(-c2ccccc2COC2CCNCC2)c1.O=C(O)C=CC(=O)O. The van der Waals surface area contributed by atoms with Crippen molar-refractivity contribution < 1.29 is 24.5 Å². The van der Waals surface area contributed by atoms with E-state index in [1.165, 1.54) is 11.1 Å². The van der Waals surface area contributed by atoms with E-state index in [1.54, 1.807) is 0 Å². The molecule has 1 aliphatic rings. The van der Waals surface area contributed by atoms with Crippen LogP contribution in [0.25, 0.3) is 11.1 Å². The van der Waals surface area contributed by atoms with E-state index in [2.05, 4.69) is 35.6 Å². The van der Waals surface area contributed by atoms with Crippen molar-refractivity contribution in [3.63, 3.8) is 0 Å². The Hall–Kier alpha value is -2.67. The molecule has 3 rings (SSSR count). The molecule has 0 aromatic heterocycles. The highest BCUT2D eigenvalue weighted by molar-refractivity contribution is 6.30. The number of nitrogens with one attached hydrogen (secondary N) is 1. The molecular weight excluding hydrogens is 394 g/mol. The van der Waals surface area contributed by atoms with Gasteiger partial charge in [0.05, 0.1) is 12.7 Å². The summed E-state index contributed by atoms with van der Waals surface area (Å²) < 4.78 is 6.09. The number of carboxylic acids is 2. The quantitative estimate of drug-likeness (QED) is 0.615. The van der Waals surface area contributed by atoms with Crippen molar-refractivity contribution in [3.05, 3.63) is 71.3 Å². The lowest BCUT2D eigenvalue weighted by Gasteiger charge is -2.23. The maximum absolute atomic E-state index is 9.55. The van der Waals surface area contributed by atoms with Gasteiger partial charge in [-0.2, -0.15) is 0 Å². The summed E-state index contributed by atoms with van der Waals surface area (Å²) in [5, 5.41) is 19.8. The predicted molar refractivity (Wildman–Crippen MR) is 112 cm³/mol. The first-order valence-corrected chi connectivity index (χ1v) is 9.63. The van der Waals surface area contributed by atoms with Crippen LogP contribution in [0.5, 0.6) is 0 Å². The Bertz CT molecular complexity index is 831. The second-order valence-electron chi connectivity index (χ2n) is 6.44. The van der Waals surface area contributed by atoms with Gasteiger partial charge in [0.15, 0.2) is 0 Å². The third-order valence-corrected chi connectivity index (χ3v) is 4.52.